The average molecular weight is 443 g/mol. The molecule has 0 radical (unpaired) electrons. The number of hydrogen-bond donors (Lipinski definition) is 1. The zero-order chi connectivity index (χ0) is 22.9. The second-order valence-corrected chi connectivity index (χ2v) is 13.0. The maximum absolute atomic E-state index is 10.4. The number of allylic oxidation sites excluding steroid dienone is 2. The molecule has 32 heavy (non-hydrogen) atoms. The fourth-order valence-electron chi connectivity index (χ4n) is 9.29. The van der Waals surface area contributed by atoms with E-state index in [0.29, 0.717) is 41.9 Å². The molecule has 0 aromatic carbocycles. The quantitative estimate of drug-likeness (QED) is 0.373. The van der Waals surface area contributed by atoms with E-state index in [2.05, 4.69) is 65.8 Å². The predicted octanol–water partition coefficient (Wildman–Crippen LogP) is 6.86. The molecule has 2 bridgehead atoms. The summed E-state index contributed by atoms with van der Waals surface area (Å²) in [7, 11) is 0. The fraction of sp³-hybridized carbons (Fsp3) is 0.862. The third-order valence-corrected chi connectivity index (χ3v) is 11.3. The van der Waals surface area contributed by atoms with Crippen LogP contribution in [0.15, 0.2) is 24.3 Å². The lowest BCUT2D eigenvalue weighted by Crippen LogP contribution is -2.73. The fourth-order valence-corrected chi connectivity index (χ4v) is 9.29. The molecule has 2 spiro atoms. The van der Waals surface area contributed by atoms with Gasteiger partial charge >= 0.3 is 0 Å². The maximum atomic E-state index is 10.4. The van der Waals surface area contributed by atoms with Gasteiger partial charge in [0.15, 0.2) is 0 Å². The molecular weight excluding hydrogens is 396 g/mol. The summed E-state index contributed by atoms with van der Waals surface area (Å²) in [5, 5.41) is 10.4. The van der Waals surface area contributed by atoms with Crippen LogP contribution in [0, 0.1) is 46.3 Å². The molecule has 3 heteroatoms. The highest BCUT2D eigenvalue weighted by Gasteiger charge is 2.74. The normalized spacial score (nSPS) is 51.5. The molecule has 0 aromatic heterocycles. The summed E-state index contributed by atoms with van der Waals surface area (Å²) in [5.74, 6) is 3.70. The maximum Gasteiger partial charge on any atom is 0.130 e. The van der Waals surface area contributed by atoms with E-state index in [-0.39, 0.29) is 22.5 Å². The van der Waals surface area contributed by atoms with Crippen molar-refractivity contribution in [2.45, 2.75) is 110 Å². The Balaban J connectivity index is 1.44. The Morgan fingerprint density at radius 3 is 2.41 bits per heavy atom. The van der Waals surface area contributed by atoms with E-state index in [1.807, 2.05) is 0 Å². The van der Waals surface area contributed by atoms with Crippen LogP contribution in [-0.2, 0) is 9.78 Å². The molecule has 1 saturated heterocycles. The molecule has 180 valence electrons. The monoisotopic (exact) mass is 442 g/mol. The molecule has 6 aliphatic rings. The van der Waals surface area contributed by atoms with Crippen LogP contribution in [0.4, 0.5) is 0 Å². The molecule has 2 heterocycles. The predicted molar refractivity (Wildman–Crippen MR) is 129 cm³/mol. The van der Waals surface area contributed by atoms with Gasteiger partial charge in [-0.2, -0.15) is 0 Å². The third kappa shape index (κ3) is 2.96. The van der Waals surface area contributed by atoms with Gasteiger partial charge in [0.1, 0.15) is 11.2 Å². The van der Waals surface area contributed by atoms with Crippen molar-refractivity contribution < 1.29 is 14.9 Å². The molecule has 10 atom stereocenters. The van der Waals surface area contributed by atoms with Crippen molar-refractivity contribution in [2.24, 2.45) is 46.3 Å². The lowest BCUT2D eigenvalue weighted by atomic mass is 9.43. The summed E-state index contributed by atoms with van der Waals surface area (Å²) in [5.41, 5.74) is -0.371. The van der Waals surface area contributed by atoms with Gasteiger partial charge in [0.25, 0.3) is 0 Å². The Kier molecular flexibility index (Phi) is 5.55. The van der Waals surface area contributed by atoms with Gasteiger partial charge in [-0.3, -0.25) is 0 Å². The number of aliphatic hydroxyl groups is 1. The number of hydrogen-bond acceptors (Lipinski definition) is 3. The first-order valence-electron chi connectivity index (χ1n) is 13.6. The van der Waals surface area contributed by atoms with E-state index in [9.17, 15) is 5.11 Å². The lowest BCUT2D eigenvalue weighted by molar-refractivity contribution is -0.497. The summed E-state index contributed by atoms with van der Waals surface area (Å²) < 4.78 is 0. The van der Waals surface area contributed by atoms with E-state index in [4.69, 9.17) is 9.78 Å². The summed E-state index contributed by atoms with van der Waals surface area (Å²) in [6, 6.07) is 0. The van der Waals surface area contributed by atoms with Gasteiger partial charge in [0.05, 0.1) is 6.10 Å². The first kappa shape index (κ1) is 23.1. The summed E-state index contributed by atoms with van der Waals surface area (Å²) in [6.07, 6.45) is 18.3. The van der Waals surface area contributed by atoms with E-state index < -0.39 is 5.60 Å². The summed E-state index contributed by atoms with van der Waals surface area (Å²) in [4.78, 5) is 12.8. The second-order valence-electron chi connectivity index (χ2n) is 13.0. The Morgan fingerprint density at radius 2 is 1.75 bits per heavy atom. The van der Waals surface area contributed by atoms with Gasteiger partial charge in [0, 0.05) is 23.7 Å². The number of aliphatic hydroxyl groups excluding tert-OH is 1. The molecule has 1 N–H and O–H groups in total. The summed E-state index contributed by atoms with van der Waals surface area (Å²) in [6.45, 7) is 14.4. The van der Waals surface area contributed by atoms with Gasteiger partial charge in [-0.1, -0.05) is 59.8 Å². The average Bonchev–Trinajstić information content (AvgIpc) is 3.12. The van der Waals surface area contributed by atoms with Gasteiger partial charge < -0.3 is 5.11 Å². The topological polar surface area (TPSA) is 38.7 Å². The van der Waals surface area contributed by atoms with Crippen molar-refractivity contribution >= 4 is 0 Å². The van der Waals surface area contributed by atoms with Crippen LogP contribution >= 0.6 is 0 Å². The second kappa shape index (κ2) is 7.68. The third-order valence-electron chi connectivity index (χ3n) is 11.3. The van der Waals surface area contributed by atoms with Crippen LogP contribution in [0.5, 0.6) is 0 Å². The number of fused-ring (bicyclic) bond motifs is 2. The minimum atomic E-state index is -0.440. The molecule has 6 rings (SSSR count). The van der Waals surface area contributed by atoms with Crippen LogP contribution in [0.25, 0.3) is 0 Å². The molecule has 4 fully saturated rings. The van der Waals surface area contributed by atoms with Crippen LogP contribution in [0.2, 0.25) is 0 Å². The first-order valence-corrected chi connectivity index (χ1v) is 13.6. The Hall–Kier alpha value is -0.640. The molecule has 3 nitrogen and oxygen atoms in total. The zero-order valence-corrected chi connectivity index (χ0v) is 21.3. The lowest BCUT2D eigenvalue weighted by Gasteiger charge is -2.69. The SMILES string of the molecule is CC[C@@H](/C=C/C(C)[C@H]1CCC2C34C=CC5(C[C@@H](O)CC[C@]5(C)C3CC[C@@]21C)OO4)C(C)C. The van der Waals surface area contributed by atoms with Crippen molar-refractivity contribution in [1.82, 2.24) is 0 Å². The highest BCUT2D eigenvalue weighted by molar-refractivity contribution is 5.33. The van der Waals surface area contributed by atoms with Crippen molar-refractivity contribution in [2.75, 3.05) is 0 Å². The van der Waals surface area contributed by atoms with Crippen molar-refractivity contribution in [3.8, 4) is 0 Å². The van der Waals surface area contributed by atoms with Crippen molar-refractivity contribution in [1.29, 1.82) is 0 Å². The van der Waals surface area contributed by atoms with Crippen LogP contribution < -0.4 is 0 Å². The van der Waals surface area contributed by atoms with Gasteiger partial charge in [-0.15, -0.1) is 0 Å². The van der Waals surface area contributed by atoms with Crippen LogP contribution in [0.3, 0.4) is 0 Å². The minimum absolute atomic E-state index is 0.0653. The molecule has 0 aromatic rings. The number of rotatable bonds is 5. The van der Waals surface area contributed by atoms with Crippen LogP contribution in [-0.4, -0.2) is 22.4 Å². The Morgan fingerprint density at radius 1 is 0.969 bits per heavy atom. The van der Waals surface area contributed by atoms with Crippen LogP contribution in [0.1, 0.15) is 92.9 Å². The van der Waals surface area contributed by atoms with Gasteiger partial charge in [-0.25, -0.2) is 9.78 Å². The highest BCUT2D eigenvalue weighted by atomic mass is 17.2. The highest BCUT2D eigenvalue weighted by Crippen LogP contribution is 2.72. The first-order chi connectivity index (χ1) is 15.1. The van der Waals surface area contributed by atoms with E-state index in [1.54, 1.807) is 0 Å². The van der Waals surface area contributed by atoms with E-state index >= 15 is 0 Å². The standard InChI is InChI=1S/C29H46O3/c1-7-21(19(2)3)9-8-20(4)23-10-11-24-26(23,5)14-13-25-27(6)15-12-22(30)18-28(27)16-17-29(24,25)32-31-28/h8-9,16-17,19-25,30H,7,10-15,18H2,1-6H3/b9-8+/t20?,21-,22-,23+,24?,25?,26+,27+,28?,29?/m0/s1. The van der Waals surface area contributed by atoms with E-state index in [0.717, 1.165) is 12.8 Å². The van der Waals surface area contributed by atoms with E-state index in [1.165, 1.54) is 32.1 Å². The molecular formula is C29H46O3. The molecule has 0 amide bonds. The molecule has 2 aliphatic heterocycles. The Bertz CT molecular complexity index is 787. The van der Waals surface area contributed by atoms with Crippen molar-refractivity contribution in [3.63, 3.8) is 0 Å². The van der Waals surface area contributed by atoms with Gasteiger partial charge in [0.2, 0.25) is 0 Å². The van der Waals surface area contributed by atoms with Gasteiger partial charge in [-0.05, 0) is 80.1 Å². The minimum Gasteiger partial charge on any atom is -0.393 e. The molecule has 4 aliphatic carbocycles. The largest absolute Gasteiger partial charge is 0.393 e. The molecule has 5 unspecified atom stereocenters. The smallest absolute Gasteiger partial charge is 0.130 e. The molecule has 3 saturated carbocycles. The Labute approximate surface area is 195 Å². The summed E-state index contributed by atoms with van der Waals surface area (Å²) >= 11 is 0. The van der Waals surface area contributed by atoms with Crippen molar-refractivity contribution in [3.05, 3.63) is 24.3 Å². The zero-order valence-electron chi connectivity index (χ0n) is 21.3.